The number of nitrogens with one attached hydrogen (secondary N) is 3. The molecule has 5 nitrogen and oxygen atoms in total. The van der Waals surface area contributed by atoms with Crippen LogP contribution >= 0.6 is 35.3 Å². The van der Waals surface area contributed by atoms with Crippen LogP contribution in [-0.4, -0.2) is 29.5 Å². The van der Waals surface area contributed by atoms with Crippen molar-refractivity contribution in [1.29, 1.82) is 0 Å². The van der Waals surface area contributed by atoms with Crippen molar-refractivity contribution in [3.63, 3.8) is 0 Å². The lowest BCUT2D eigenvalue weighted by molar-refractivity contribution is 0.740. The second-order valence-corrected chi connectivity index (χ2v) is 7.58. The summed E-state index contributed by atoms with van der Waals surface area (Å²) in [6.45, 7) is 5.93. The SMILES string of the molecule is CN=C(NCCCc1c[nH]c2ccccc12)NCc1nc(C(C)C)cs1.I. The molecule has 3 N–H and O–H groups in total. The predicted molar refractivity (Wildman–Crippen MR) is 126 cm³/mol. The second-order valence-electron chi connectivity index (χ2n) is 6.64. The van der Waals surface area contributed by atoms with Gasteiger partial charge in [0.1, 0.15) is 5.01 Å². The average Bonchev–Trinajstić information content (AvgIpc) is 3.28. The molecular weight excluding hydrogens is 469 g/mol. The zero-order chi connectivity index (χ0) is 18.4. The summed E-state index contributed by atoms with van der Waals surface area (Å²) in [7, 11) is 1.80. The number of hydrogen-bond acceptors (Lipinski definition) is 3. The molecule has 3 aromatic rings. The number of thiazole rings is 1. The number of aromatic nitrogens is 2. The van der Waals surface area contributed by atoms with Gasteiger partial charge in [-0.2, -0.15) is 0 Å². The fourth-order valence-corrected chi connectivity index (χ4v) is 3.77. The normalized spacial score (nSPS) is 11.6. The Morgan fingerprint density at radius 2 is 2.07 bits per heavy atom. The first-order valence-electron chi connectivity index (χ1n) is 9.11. The van der Waals surface area contributed by atoms with Crippen molar-refractivity contribution < 1.29 is 0 Å². The molecule has 0 unspecified atom stereocenters. The summed E-state index contributed by atoms with van der Waals surface area (Å²) >= 11 is 1.70. The number of aromatic amines is 1. The van der Waals surface area contributed by atoms with Crippen molar-refractivity contribution in [2.45, 2.75) is 39.2 Å². The van der Waals surface area contributed by atoms with E-state index in [4.69, 9.17) is 0 Å². The van der Waals surface area contributed by atoms with Crippen LogP contribution in [0.5, 0.6) is 0 Å². The van der Waals surface area contributed by atoms with Gasteiger partial charge in [0.25, 0.3) is 0 Å². The van der Waals surface area contributed by atoms with Crippen molar-refractivity contribution in [1.82, 2.24) is 20.6 Å². The third kappa shape index (κ3) is 5.93. The number of halogens is 1. The standard InChI is InChI=1S/C20H27N5S.HI/c1-14(2)18-13-26-19(25-18)12-24-20(21-3)22-10-6-7-15-11-23-17-9-5-4-8-16(15)17;/h4-5,8-9,11,13-14,23H,6-7,10,12H2,1-3H3,(H2,21,22,24);1H. The summed E-state index contributed by atoms with van der Waals surface area (Å²) < 4.78 is 0. The molecule has 146 valence electrons. The van der Waals surface area contributed by atoms with Gasteiger partial charge in [0, 0.05) is 36.1 Å². The van der Waals surface area contributed by atoms with Gasteiger partial charge in [-0.05, 0) is 30.4 Å². The molecule has 0 radical (unpaired) electrons. The average molecular weight is 497 g/mol. The minimum Gasteiger partial charge on any atom is -0.361 e. The van der Waals surface area contributed by atoms with E-state index in [-0.39, 0.29) is 24.0 Å². The molecule has 2 heterocycles. The topological polar surface area (TPSA) is 65.1 Å². The first-order chi connectivity index (χ1) is 12.7. The number of nitrogens with zero attached hydrogens (tertiary/aromatic N) is 2. The molecule has 2 aromatic heterocycles. The van der Waals surface area contributed by atoms with Gasteiger partial charge in [-0.15, -0.1) is 35.3 Å². The van der Waals surface area contributed by atoms with Crippen molar-refractivity contribution in [3.05, 3.63) is 52.1 Å². The fourth-order valence-electron chi connectivity index (χ4n) is 2.88. The van der Waals surface area contributed by atoms with Crippen LogP contribution in [0.2, 0.25) is 0 Å². The van der Waals surface area contributed by atoms with Gasteiger partial charge >= 0.3 is 0 Å². The number of benzene rings is 1. The van der Waals surface area contributed by atoms with E-state index in [9.17, 15) is 0 Å². The highest BCUT2D eigenvalue weighted by atomic mass is 127. The first-order valence-corrected chi connectivity index (χ1v) is 9.99. The molecule has 0 fully saturated rings. The van der Waals surface area contributed by atoms with Crippen LogP contribution in [-0.2, 0) is 13.0 Å². The zero-order valence-electron chi connectivity index (χ0n) is 16.1. The molecular formula is C20H28IN5S. The molecule has 0 spiro atoms. The largest absolute Gasteiger partial charge is 0.361 e. The predicted octanol–water partition coefficient (Wildman–Crippen LogP) is 4.66. The Morgan fingerprint density at radius 3 is 2.81 bits per heavy atom. The van der Waals surface area contributed by atoms with Gasteiger partial charge in [0.2, 0.25) is 0 Å². The van der Waals surface area contributed by atoms with Gasteiger partial charge in [-0.1, -0.05) is 32.0 Å². The highest BCUT2D eigenvalue weighted by Crippen LogP contribution is 2.19. The highest BCUT2D eigenvalue weighted by molar-refractivity contribution is 14.0. The molecule has 0 aliphatic rings. The maximum Gasteiger partial charge on any atom is 0.191 e. The molecule has 0 saturated carbocycles. The number of rotatable bonds is 7. The summed E-state index contributed by atoms with van der Waals surface area (Å²) in [6, 6.07) is 8.44. The number of para-hydroxylation sites is 1. The van der Waals surface area contributed by atoms with E-state index < -0.39 is 0 Å². The minimum absolute atomic E-state index is 0. The van der Waals surface area contributed by atoms with E-state index in [0.29, 0.717) is 12.5 Å². The highest BCUT2D eigenvalue weighted by Gasteiger charge is 2.07. The fraction of sp³-hybridized carbons (Fsp3) is 0.400. The summed E-state index contributed by atoms with van der Waals surface area (Å²) in [6.07, 6.45) is 4.21. The Balaban J connectivity index is 0.00000261. The van der Waals surface area contributed by atoms with E-state index in [1.807, 2.05) is 0 Å². The maximum absolute atomic E-state index is 4.64. The number of guanidine groups is 1. The van der Waals surface area contributed by atoms with E-state index in [2.05, 4.69) is 75.3 Å². The van der Waals surface area contributed by atoms with Crippen LogP contribution < -0.4 is 10.6 Å². The van der Waals surface area contributed by atoms with Crippen molar-refractivity contribution in [2.24, 2.45) is 4.99 Å². The number of aliphatic imine (C=N–C) groups is 1. The molecule has 0 atom stereocenters. The minimum atomic E-state index is 0. The Bertz CT molecular complexity index is 868. The number of hydrogen-bond donors (Lipinski definition) is 3. The molecule has 0 bridgehead atoms. The Kier molecular flexibility index (Phi) is 8.56. The van der Waals surface area contributed by atoms with E-state index in [1.165, 1.54) is 16.5 Å². The van der Waals surface area contributed by atoms with E-state index in [0.717, 1.165) is 36.0 Å². The lowest BCUT2D eigenvalue weighted by atomic mass is 10.1. The molecule has 1 aromatic carbocycles. The van der Waals surface area contributed by atoms with Crippen LogP contribution in [0.25, 0.3) is 10.9 Å². The molecule has 0 saturated heterocycles. The van der Waals surface area contributed by atoms with Gasteiger partial charge in [-0.3, -0.25) is 4.99 Å². The molecule has 27 heavy (non-hydrogen) atoms. The van der Waals surface area contributed by atoms with Gasteiger partial charge in [0.15, 0.2) is 5.96 Å². The summed E-state index contributed by atoms with van der Waals surface area (Å²) in [5.74, 6) is 1.30. The lowest BCUT2D eigenvalue weighted by Crippen LogP contribution is -2.37. The lowest BCUT2D eigenvalue weighted by Gasteiger charge is -2.10. The Labute approximate surface area is 182 Å². The smallest absolute Gasteiger partial charge is 0.191 e. The zero-order valence-corrected chi connectivity index (χ0v) is 19.2. The van der Waals surface area contributed by atoms with Crippen LogP contribution in [0.15, 0.2) is 40.8 Å². The summed E-state index contributed by atoms with van der Waals surface area (Å²) in [5, 5.41) is 11.3. The van der Waals surface area contributed by atoms with Crippen LogP contribution in [0.1, 0.15) is 42.5 Å². The van der Waals surface area contributed by atoms with Gasteiger partial charge < -0.3 is 15.6 Å². The Morgan fingerprint density at radius 1 is 1.26 bits per heavy atom. The molecule has 0 amide bonds. The van der Waals surface area contributed by atoms with Crippen LogP contribution in [0.3, 0.4) is 0 Å². The Hall–Kier alpha value is -1.61. The summed E-state index contributed by atoms with van der Waals surface area (Å²) in [4.78, 5) is 12.3. The maximum atomic E-state index is 4.64. The van der Waals surface area contributed by atoms with Crippen molar-refractivity contribution >= 4 is 52.2 Å². The molecule has 7 heteroatoms. The molecule has 0 aliphatic carbocycles. The molecule has 3 rings (SSSR count). The second kappa shape index (κ2) is 10.7. The first kappa shape index (κ1) is 21.7. The van der Waals surface area contributed by atoms with E-state index >= 15 is 0 Å². The van der Waals surface area contributed by atoms with Crippen LogP contribution in [0.4, 0.5) is 0 Å². The quantitative estimate of drug-likeness (QED) is 0.193. The third-order valence-corrected chi connectivity index (χ3v) is 5.25. The van der Waals surface area contributed by atoms with Crippen molar-refractivity contribution in [2.75, 3.05) is 13.6 Å². The number of fused-ring (bicyclic) bond motifs is 1. The van der Waals surface area contributed by atoms with Gasteiger partial charge in [-0.25, -0.2) is 4.98 Å². The number of H-pyrrole nitrogens is 1. The number of aryl methyl sites for hydroxylation is 1. The van der Waals surface area contributed by atoms with Crippen molar-refractivity contribution in [3.8, 4) is 0 Å². The monoisotopic (exact) mass is 497 g/mol. The summed E-state index contributed by atoms with van der Waals surface area (Å²) in [5.41, 5.74) is 3.74. The van der Waals surface area contributed by atoms with Gasteiger partial charge in [0.05, 0.1) is 12.2 Å². The third-order valence-electron chi connectivity index (χ3n) is 4.38. The van der Waals surface area contributed by atoms with Crippen LogP contribution in [0, 0.1) is 0 Å². The molecule has 0 aliphatic heterocycles. The van der Waals surface area contributed by atoms with E-state index in [1.54, 1.807) is 18.4 Å².